The number of nitrogens with zero attached hydrogens (tertiary/aromatic N) is 2. The second-order valence-corrected chi connectivity index (χ2v) is 6.25. The molecule has 0 bridgehead atoms. The van der Waals surface area contributed by atoms with Crippen LogP contribution in [0.15, 0.2) is 47.4 Å². The van der Waals surface area contributed by atoms with Crippen LogP contribution in [-0.4, -0.2) is 21.1 Å². The lowest BCUT2D eigenvalue weighted by Gasteiger charge is -2.13. The SMILES string of the molecule is CC(=O)Nc1ccc(C(C)=O)cc1OCc1cc(=O)n2ccc(C)cc2n1. The van der Waals surface area contributed by atoms with Gasteiger partial charge < -0.3 is 10.1 Å². The number of amides is 1. The van der Waals surface area contributed by atoms with Crippen LogP contribution in [0.1, 0.15) is 35.5 Å². The number of aryl methyl sites for hydroxylation is 1. The summed E-state index contributed by atoms with van der Waals surface area (Å²) in [4.78, 5) is 39.7. The maximum atomic E-state index is 12.2. The van der Waals surface area contributed by atoms with Gasteiger partial charge >= 0.3 is 0 Å². The fraction of sp³-hybridized carbons (Fsp3) is 0.200. The summed E-state index contributed by atoms with van der Waals surface area (Å²) in [5, 5.41) is 2.66. The highest BCUT2D eigenvalue weighted by molar-refractivity contribution is 5.96. The van der Waals surface area contributed by atoms with E-state index in [1.807, 2.05) is 19.1 Å². The molecule has 1 amide bonds. The number of carbonyl (C=O) groups excluding carboxylic acids is 2. The van der Waals surface area contributed by atoms with Crippen molar-refractivity contribution < 1.29 is 14.3 Å². The predicted molar refractivity (Wildman–Crippen MR) is 101 cm³/mol. The zero-order valence-electron chi connectivity index (χ0n) is 15.3. The van der Waals surface area contributed by atoms with Gasteiger partial charge in [0.2, 0.25) is 5.91 Å². The molecule has 0 fully saturated rings. The Balaban J connectivity index is 1.92. The first-order valence-corrected chi connectivity index (χ1v) is 8.38. The third-order valence-electron chi connectivity index (χ3n) is 3.95. The van der Waals surface area contributed by atoms with Gasteiger partial charge in [-0.25, -0.2) is 4.98 Å². The quantitative estimate of drug-likeness (QED) is 0.702. The van der Waals surface area contributed by atoms with Crippen LogP contribution < -0.4 is 15.6 Å². The lowest BCUT2D eigenvalue weighted by Crippen LogP contribution is -2.16. The molecule has 0 aliphatic carbocycles. The number of carbonyl (C=O) groups is 2. The molecule has 0 saturated carbocycles. The lowest BCUT2D eigenvalue weighted by atomic mass is 10.1. The molecule has 0 unspecified atom stereocenters. The van der Waals surface area contributed by atoms with E-state index in [0.717, 1.165) is 5.56 Å². The zero-order chi connectivity index (χ0) is 19.6. The number of aromatic nitrogens is 2. The first-order valence-electron chi connectivity index (χ1n) is 8.38. The first kappa shape index (κ1) is 18.3. The number of rotatable bonds is 5. The number of hydrogen-bond donors (Lipinski definition) is 1. The average molecular weight is 365 g/mol. The minimum atomic E-state index is -0.257. The Morgan fingerprint density at radius 1 is 1.15 bits per heavy atom. The van der Waals surface area contributed by atoms with Crippen molar-refractivity contribution in [2.24, 2.45) is 0 Å². The van der Waals surface area contributed by atoms with E-state index in [2.05, 4.69) is 10.3 Å². The Morgan fingerprint density at radius 2 is 1.93 bits per heavy atom. The van der Waals surface area contributed by atoms with Crippen LogP contribution in [0.4, 0.5) is 5.69 Å². The Kier molecular flexibility index (Phi) is 5.03. The number of nitrogens with one attached hydrogen (secondary N) is 1. The smallest absolute Gasteiger partial charge is 0.258 e. The molecule has 1 N–H and O–H groups in total. The van der Waals surface area contributed by atoms with Crippen molar-refractivity contribution >= 4 is 23.0 Å². The first-order chi connectivity index (χ1) is 12.8. The van der Waals surface area contributed by atoms with Gasteiger partial charge in [0, 0.05) is 24.8 Å². The third-order valence-corrected chi connectivity index (χ3v) is 3.95. The minimum Gasteiger partial charge on any atom is -0.485 e. The summed E-state index contributed by atoms with van der Waals surface area (Å²) in [7, 11) is 0. The van der Waals surface area contributed by atoms with Crippen LogP contribution >= 0.6 is 0 Å². The molecule has 3 rings (SSSR count). The summed E-state index contributed by atoms with van der Waals surface area (Å²) >= 11 is 0. The number of pyridine rings is 1. The number of ether oxygens (including phenoxy) is 1. The number of fused-ring (bicyclic) bond motifs is 1. The largest absolute Gasteiger partial charge is 0.485 e. The molecule has 0 saturated heterocycles. The van der Waals surface area contributed by atoms with Gasteiger partial charge in [-0.15, -0.1) is 0 Å². The molecule has 7 nitrogen and oxygen atoms in total. The molecule has 0 spiro atoms. The number of ketones is 1. The monoisotopic (exact) mass is 365 g/mol. The molecule has 0 radical (unpaired) electrons. The molecule has 2 aromatic heterocycles. The molecule has 3 aromatic rings. The van der Waals surface area contributed by atoms with Gasteiger partial charge in [-0.1, -0.05) is 0 Å². The molecular weight excluding hydrogens is 346 g/mol. The standard InChI is InChI=1S/C20H19N3O4/c1-12-6-7-23-19(8-12)22-16(10-20(23)26)11-27-18-9-15(13(2)24)4-5-17(18)21-14(3)25/h4-10H,11H2,1-3H3,(H,21,25). The van der Waals surface area contributed by atoms with Crippen LogP contribution in [0.5, 0.6) is 5.75 Å². The van der Waals surface area contributed by atoms with Gasteiger partial charge in [-0.05, 0) is 49.7 Å². The van der Waals surface area contributed by atoms with Gasteiger partial charge in [0.05, 0.1) is 11.4 Å². The Labute approximate surface area is 155 Å². The van der Waals surface area contributed by atoms with Gasteiger partial charge in [0.1, 0.15) is 18.0 Å². The molecule has 7 heteroatoms. The van der Waals surface area contributed by atoms with E-state index in [1.165, 1.54) is 24.3 Å². The molecule has 2 heterocycles. The Bertz CT molecular complexity index is 1100. The van der Waals surface area contributed by atoms with Crippen LogP contribution in [0.2, 0.25) is 0 Å². The topological polar surface area (TPSA) is 89.8 Å². The van der Waals surface area contributed by atoms with Crippen molar-refractivity contribution in [3.8, 4) is 5.75 Å². The molecule has 0 aliphatic heterocycles. The summed E-state index contributed by atoms with van der Waals surface area (Å²) in [5.41, 5.74) is 2.66. The maximum Gasteiger partial charge on any atom is 0.258 e. The van der Waals surface area contributed by atoms with Crippen LogP contribution in [0, 0.1) is 6.92 Å². The highest BCUT2D eigenvalue weighted by Gasteiger charge is 2.11. The number of hydrogen-bond acceptors (Lipinski definition) is 5. The van der Waals surface area contributed by atoms with E-state index in [4.69, 9.17) is 4.74 Å². The summed E-state index contributed by atoms with van der Waals surface area (Å²) in [5.74, 6) is -0.0381. The van der Waals surface area contributed by atoms with E-state index in [1.54, 1.807) is 24.4 Å². The van der Waals surface area contributed by atoms with E-state index >= 15 is 0 Å². The number of benzene rings is 1. The highest BCUT2D eigenvalue weighted by Crippen LogP contribution is 2.27. The molecule has 0 aliphatic rings. The van der Waals surface area contributed by atoms with Gasteiger partial charge in [0.25, 0.3) is 5.56 Å². The Morgan fingerprint density at radius 3 is 2.63 bits per heavy atom. The fourth-order valence-electron chi connectivity index (χ4n) is 2.63. The second kappa shape index (κ2) is 7.41. The normalized spacial score (nSPS) is 10.6. The van der Waals surface area contributed by atoms with Crippen LogP contribution in [-0.2, 0) is 11.4 Å². The van der Waals surface area contributed by atoms with Crippen LogP contribution in [0.3, 0.4) is 0 Å². The Hall–Kier alpha value is -3.48. The summed E-state index contributed by atoms with van der Waals surface area (Å²) in [6.45, 7) is 4.78. The van der Waals surface area contributed by atoms with E-state index in [-0.39, 0.29) is 23.9 Å². The van der Waals surface area contributed by atoms with Gasteiger partial charge in [-0.2, -0.15) is 0 Å². The van der Waals surface area contributed by atoms with Crippen molar-refractivity contribution in [1.29, 1.82) is 0 Å². The maximum absolute atomic E-state index is 12.2. The van der Waals surface area contributed by atoms with Crippen molar-refractivity contribution in [2.75, 3.05) is 5.32 Å². The molecule has 138 valence electrons. The molecular formula is C20H19N3O4. The predicted octanol–water partition coefficient (Wildman–Crippen LogP) is 2.74. The van der Waals surface area contributed by atoms with E-state index in [0.29, 0.717) is 28.3 Å². The van der Waals surface area contributed by atoms with Crippen LogP contribution in [0.25, 0.3) is 5.65 Å². The summed E-state index contributed by atoms with van der Waals surface area (Å²) < 4.78 is 7.23. The zero-order valence-corrected chi connectivity index (χ0v) is 15.3. The van der Waals surface area contributed by atoms with Crippen molar-refractivity contribution in [1.82, 2.24) is 9.38 Å². The molecule has 1 aromatic carbocycles. The number of anilines is 1. The van der Waals surface area contributed by atoms with Gasteiger partial charge in [0.15, 0.2) is 5.78 Å². The second-order valence-electron chi connectivity index (χ2n) is 6.25. The average Bonchev–Trinajstić information content (AvgIpc) is 2.59. The van der Waals surface area contributed by atoms with E-state index < -0.39 is 0 Å². The lowest BCUT2D eigenvalue weighted by molar-refractivity contribution is -0.114. The van der Waals surface area contributed by atoms with Crippen molar-refractivity contribution in [3.05, 3.63) is 69.8 Å². The summed E-state index contributed by atoms with van der Waals surface area (Å²) in [6, 6.07) is 9.83. The number of Topliss-reactive ketones (excluding diaryl/α,β-unsaturated/α-hetero) is 1. The van der Waals surface area contributed by atoms with Crippen molar-refractivity contribution in [2.45, 2.75) is 27.4 Å². The van der Waals surface area contributed by atoms with E-state index in [9.17, 15) is 14.4 Å². The van der Waals surface area contributed by atoms with Gasteiger partial charge in [-0.3, -0.25) is 18.8 Å². The molecule has 0 atom stereocenters. The fourth-order valence-corrected chi connectivity index (χ4v) is 2.63. The highest BCUT2D eigenvalue weighted by atomic mass is 16.5. The minimum absolute atomic E-state index is 0.0215. The summed E-state index contributed by atoms with van der Waals surface area (Å²) in [6.07, 6.45) is 1.68. The third kappa shape index (κ3) is 4.20. The molecule has 27 heavy (non-hydrogen) atoms. The van der Waals surface area contributed by atoms with Crippen molar-refractivity contribution in [3.63, 3.8) is 0 Å².